The molecule has 1 amide bonds. The maximum atomic E-state index is 12.4. The Morgan fingerprint density at radius 3 is 2.88 bits per heavy atom. The van der Waals surface area contributed by atoms with E-state index in [0.717, 1.165) is 5.56 Å². The quantitative estimate of drug-likeness (QED) is 0.828. The van der Waals surface area contributed by atoms with Crippen LogP contribution in [0.3, 0.4) is 0 Å². The lowest BCUT2D eigenvalue weighted by Crippen LogP contribution is -2.28. The van der Waals surface area contributed by atoms with Gasteiger partial charge in [0, 0.05) is 18.2 Å². The number of hydrogen-bond acceptors (Lipinski definition) is 6. The molecule has 0 aliphatic carbocycles. The highest BCUT2D eigenvalue weighted by Gasteiger charge is 2.30. The number of anilines is 1. The van der Waals surface area contributed by atoms with Crippen molar-refractivity contribution in [1.82, 2.24) is 4.98 Å². The summed E-state index contributed by atoms with van der Waals surface area (Å²) >= 11 is 5.95. The van der Waals surface area contributed by atoms with E-state index in [4.69, 9.17) is 25.9 Å². The second-order valence-electron chi connectivity index (χ2n) is 5.23. The molecule has 0 fully saturated rings. The summed E-state index contributed by atoms with van der Waals surface area (Å²) in [6.45, 7) is 0. The molecular formula is C17H16ClN3O4. The van der Waals surface area contributed by atoms with Crippen LogP contribution in [0.1, 0.15) is 12.0 Å². The van der Waals surface area contributed by atoms with E-state index < -0.39 is 6.10 Å². The summed E-state index contributed by atoms with van der Waals surface area (Å²) in [7, 11) is 3.14. The molecule has 0 saturated carbocycles. The van der Waals surface area contributed by atoms with Gasteiger partial charge >= 0.3 is 0 Å². The predicted molar refractivity (Wildman–Crippen MR) is 93.4 cm³/mol. The van der Waals surface area contributed by atoms with Crippen molar-refractivity contribution in [3.05, 3.63) is 47.2 Å². The molecule has 0 radical (unpaired) electrons. The summed E-state index contributed by atoms with van der Waals surface area (Å²) in [5.74, 6) is 0.934. The van der Waals surface area contributed by atoms with Crippen LogP contribution in [0.4, 0.5) is 5.69 Å². The molecule has 1 aliphatic rings. The summed E-state index contributed by atoms with van der Waals surface area (Å²) in [4.78, 5) is 21.6. The average molecular weight is 362 g/mol. The highest BCUT2D eigenvalue weighted by atomic mass is 35.5. The van der Waals surface area contributed by atoms with E-state index in [1.54, 1.807) is 50.7 Å². The zero-order valence-electron chi connectivity index (χ0n) is 13.7. The van der Waals surface area contributed by atoms with Crippen molar-refractivity contribution < 1.29 is 19.1 Å². The Labute approximate surface area is 149 Å². The Hall–Kier alpha value is -2.80. The lowest BCUT2D eigenvalue weighted by Gasteiger charge is -2.11. The number of aromatic nitrogens is 1. The van der Waals surface area contributed by atoms with E-state index in [9.17, 15) is 4.79 Å². The Kier molecular flexibility index (Phi) is 5.04. The maximum absolute atomic E-state index is 12.4. The van der Waals surface area contributed by atoms with Crippen molar-refractivity contribution in [3.63, 3.8) is 0 Å². The van der Waals surface area contributed by atoms with Gasteiger partial charge in [0.15, 0.2) is 5.15 Å². The molecule has 2 aromatic rings. The molecule has 7 nitrogen and oxygen atoms in total. The molecule has 8 heteroatoms. The normalized spacial score (nSPS) is 16.0. The third-order valence-electron chi connectivity index (χ3n) is 3.70. The minimum atomic E-state index is -0.762. The fourth-order valence-corrected chi connectivity index (χ4v) is 2.58. The van der Waals surface area contributed by atoms with Crippen LogP contribution in [0.25, 0.3) is 0 Å². The largest absolute Gasteiger partial charge is 0.497 e. The number of ether oxygens (including phenoxy) is 2. The van der Waals surface area contributed by atoms with Gasteiger partial charge in [-0.3, -0.25) is 4.79 Å². The van der Waals surface area contributed by atoms with Gasteiger partial charge in [-0.05, 0) is 30.3 Å². The van der Waals surface area contributed by atoms with Gasteiger partial charge in [-0.2, -0.15) is 0 Å². The number of benzene rings is 1. The van der Waals surface area contributed by atoms with Crippen LogP contribution >= 0.6 is 11.6 Å². The second-order valence-corrected chi connectivity index (χ2v) is 5.59. The predicted octanol–water partition coefficient (Wildman–Crippen LogP) is 2.88. The number of carbonyl (C=O) groups excluding carboxylic acids is 1. The van der Waals surface area contributed by atoms with E-state index in [-0.39, 0.29) is 11.1 Å². The van der Waals surface area contributed by atoms with Crippen LogP contribution in [-0.2, 0) is 9.63 Å². The summed E-state index contributed by atoms with van der Waals surface area (Å²) in [6, 6.07) is 8.70. The fourth-order valence-electron chi connectivity index (χ4n) is 2.41. The Balaban J connectivity index is 1.73. The first kappa shape index (κ1) is 17.0. The number of carbonyl (C=O) groups is 1. The van der Waals surface area contributed by atoms with Crippen LogP contribution < -0.4 is 14.8 Å². The molecule has 0 spiro atoms. The lowest BCUT2D eigenvalue weighted by molar-refractivity contribution is -0.125. The summed E-state index contributed by atoms with van der Waals surface area (Å²) in [5, 5.41) is 6.93. The summed E-state index contributed by atoms with van der Waals surface area (Å²) in [5.41, 5.74) is 1.75. The minimum absolute atomic E-state index is 0.212. The molecule has 1 N–H and O–H groups in total. The fraction of sp³-hybridized carbons (Fsp3) is 0.235. The molecule has 1 aromatic carbocycles. The van der Waals surface area contributed by atoms with E-state index in [0.29, 0.717) is 29.3 Å². The number of pyridine rings is 1. The maximum Gasteiger partial charge on any atom is 0.268 e. The highest BCUT2D eigenvalue weighted by Crippen LogP contribution is 2.29. The summed E-state index contributed by atoms with van der Waals surface area (Å²) in [6.07, 6.45) is 1.08. The van der Waals surface area contributed by atoms with Crippen LogP contribution in [0.5, 0.6) is 11.5 Å². The van der Waals surface area contributed by atoms with Gasteiger partial charge in [-0.1, -0.05) is 16.8 Å². The molecule has 1 aromatic heterocycles. The first-order chi connectivity index (χ1) is 12.1. The van der Waals surface area contributed by atoms with Gasteiger partial charge in [-0.25, -0.2) is 4.98 Å². The van der Waals surface area contributed by atoms with Gasteiger partial charge in [0.1, 0.15) is 11.5 Å². The van der Waals surface area contributed by atoms with Gasteiger partial charge < -0.3 is 19.6 Å². The van der Waals surface area contributed by atoms with E-state index in [1.165, 1.54) is 0 Å². The molecular weight excluding hydrogens is 346 g/mol. The zero-order chi connectivity index (χ0) is 17.8. The number of halogens is 1. The smallest absolute Gasteiger partial charge is 0.268 e. The molecule has 1 aliphatic heterocycles. The van der Waals surface area contributed by atoms with E-state index in [2.05, 4.69) is 15.5 Å². The van der Waals surface area contributed by atoms with Crippen LogP contribution in [0, 0.1) is 0 Å². The molecule has 0 unspecified atom stereocenters. The third-order valence-corrected chi connectivity index (χ3v) is 4.00. The minimum Gasteiger partial charge on any atom is -0.497 e. The number of rotatable bonds is 5. The Morgan fingerprint density at radius 1 is 1.32 bits per heavy atom. The van der Waals surface area contributed by atoms with E-state index >= 15 is 0 Å². The van der Waals surface area contributed by atoms with Gasteiger partial charge in [-0.15, -0.1) is 0 Å². The topological polar surface area (TPSA) is 82.0 Å². The first-order valence-electron chi connectivity index (χ1n) is 7.49. The van der Waals surface area contributed by atoms with Gasteiger partial charge in [0.05, 0.1) is 25.6 Å². The standard InChI is InChI=1S/C17H16ClN3O4/c1-23-10-5-6-14(24-2)11(8-10)13-9-15(25-21-13)17(22)20-12-4-3-7-19-16(12)18/h3-8,15H,9H2,1-2H3,(H,20,22)/t15-/m0/s1. The number of hydrogen-bond donors (Lipinski definition) is 1. The molecule has 0 bridgehead atoms. The second kappa shape index (κ2) is 7.40. The van der Waals surface area contributed by atoms with Crippen molar-refractivity contribution >= 4 is 28.9 Å². The molecule has 3 rings (SSSR count). The van der Waals surface area contributed by atoms with Crippen LogP contribution in [0.2, 0.25) is 5.15 Å². The highest BCUT2D eigenvalue weighted by molar-refractivity contribution is 6.32. The first-order valence-corrected chi connectivity index (χ1v) is 7.86. The number of nitrogens with zero attached hydrogens (tertiary/aromatic N) is 2. The molecule has 25 heavy (non-hydrogen) atoms. The SMILES string of the molecule is COc1ccc(OC)c(C2=NO[C@H](C(=O)Nc3cccnc3Cl)C2)c1. The van der Waals surface area contributed by atoms with Crippen molar-refractivity contribution in [2.75, 3.05) is 19.5 Å². The van der Waals surface area contributed by atoms with Crippen molar-refractivity contribution in [3.8, 4) is 11.5 Å². The van der Waals surface area contributed by atoms with E-state index in [1.807, 2.05) is 0 Å². The van der Waals surface area contributed by atoms with Crippen LogP contribution in [0.15, 0.2) is 41.7 Å². The van der Waals surface area contributed by atoms with Gasteiger partial charge in [0.2, 0.25) is 6.10 Å². The summed E-state index contributed by atoms with van der Waals surface area (Å²) < 4.78 is 10.6. The van der Waals surface area contributed by atoms with Crippen molar-refractivity contribution in [2.24, 2.45) is 5.16 Å². The Bertz CT molecular complexity index is 825. The number of amides is 1. The number of methoxy groups -OCH3 is 2. The van der Waals surface area contributed by atoms with Gasteiger partial charge in [0.25, 0.3) is 5.91 Å². The monoisotopic (exact) mass is 361 g/mol. The number of oxime groups is 1. The molecule has 2 heterocycles. The third kappa shape index (κ3) is 3.66. The zero-order valence-corrected chi connectivity index (χ0v) is 14.4. The molecule has 130 valence electrons. The number of nitrogens with one attached hydrogen (secondary N) is 1. The average Bonchev–Trinajstić information content (AvgIpc) is 3.13. The molecule has 1 atom stereocenters. The molecule has 0 saturated heterocycles. The van der Waals surface area contributed by atoms with Crippen LogP contribution in [-0.4, -0.2) is 36.9 Å². The van der Waals surface area contributed by atoms with Crippen molar-refractivity contribution in [1.29, 1.82) is 0 Å². The lowest BCUT2D eigenvalue weighted by atomic mass is 10.0. The van der Waals surface area contributed by atoms with Crippen molar-refractivity contribution in [2.45, 2.75) is 12.5 Å². The Morgan fingerprint density at radius 2 is 2.16 bits per heavy atom.